The summed E-state index contributed by atoms with van der Waals surface area (Å²) in [5.41, 5.74) is 0. The van der Waals surface area contributed by atoms with Crippen LogP contribution in [0.1, 0.15) is 219 Å². The van der Waals surface area contributed by atoms with E-state index in [0.29, 0.717) is 90.0 Å². The summed E-state index contributed by atoms with van der Waals surface area (Å²) in [5.74, 6) is -4.85. The van der Waals surface area contributed by atoms with Crippen molar-refractivity contribution >= 4 is 58.9 Å². The molecular formula is C68H120N4O21. The zero-order chi connectivity index (χ0) is 68.0. The van der Waals surface area contributed by atoms with E-state index in [4.69, 9.17) is 48.1 Å². The number of rotatable bonds is 69. The predicted octanol–water partition coefficient (Wildman–Crippen LogP) is 7.92. The van der Waals surface area contributed by atoms with Crippen LogP contribution in [0.15, 0.2) is 0 Å². The Hall–Kier alpha value is -5.02. The summed E-state index contributed by atoms with van der Waals surface area (Å²) in [6.45, 7) is 6.02. The zero-order valence-corrected chi connectivity index (χ0v) is 56.5. The molecule has 25 heteroatoms. The first-order chi connectivity index (χ1) is 45.1. The van der Waals surface area contributed by atoms with E-state index in [2.05, 4.69) is 21.3 Å². The molecule has 93 heavy (non-hydrogen) atoms. The van der Waals surface area contributed by atoms with Crippen LogP contribution in [-0.4, -0.2) is 206 Å². The molecule has 1 aliphatic rings. The summed E-state index contributed by atoms with van der Waals surface area (Å²) in [7, 11) is 0. The second-order valence-corrected chi connectivity index (χ2v) is 24.2. The quantitative estimate of drug-likeness (QED) is 0.0284. The van der Waals surface area contributed by atoms with Gasteiger partial charge in [0.15, 0.2) is 11.6 Å². The lowest BCUT2D eigenvalue weighted by molar-refractivity contribution is -0.145. The van der Waals surface area contributed by atoms with Gasteiger partial charge in [-0.1, -0.05) is 103 Å². The highest BCUT2D eigenvalue weighted by molar-refractivity contribution is 5.86. The normalized spacial score (nSPS) is 14.5. The van der Waals surface area contributed by atoms with E-state index in [0.717, 1.165) is 57.8 Å². The third-order valence-corrected chi connectivity index (χ3v) is 16.2. The summed E-state index contributed by atoms with van der Waals surface area (Å²) >= 11 is 0. The lowest BCUT2D eigenvalue weighted by Gasteiger charge is -2.28. The summed E-state index contributed by atoms with van der Waals surface area (Å²) in [6.07, 6.45) is 26.5. The first kappa shape index (κ1) is 86.0. The molecule has 0 spiro atoms. The molecule has 25 nitrogen and oxygen atoms in total. The molecule has 0 heterocycles. The average Bonchev–Trinajstić information content (AvgIpc) is 1.76. The molecule has 0 saturated heterocycles. The van der Waals surface area contributed by atoms with Crippen LogP contribution in [0.4, 0.5) is 0 Å². The SMILES string of the molecule is CC[C@@H](CCCCNC(=O)COCCOCCCC(=O)COCCOCCNC(=O)COCCOCCCC(=O)COCCOCCNC(=O)CC[C@H](CC(=O)C1CCC(CNC(=O)CCCCCCCCCCCCCCCCCCC(=O)O)CC1)C(=O)O)C(=O)O. The lowest BCUT2D eigenvalue weighted by Crippen LogP contribution is -2.33. The fourth-order valence-electron chi connectivity index (χ4n) is 10.5. The Morgan fingerprint density at radius 2 is 0.753 bits per heavy atom. The minimum atomic E-state index is -1.10. The van der Waals surface area contributed by atoms with E-state index in [1.807, 2.05) is 6.92 Å². The highest BCUT2D eigenvalue weighted by atomic mass is 16.5. The molecule has 7 N–H and O–H groups in total. The van der Waals surface area contributed by atoms with E-state index in [1.54, 1.807) is 0 Å². The molecule has 1 fully saturated rings. The van der Waals surface area contributed by atoms with Crippen LogP contribution >= 0.6 is 0 Å². The van der Waals surface area contributed by atoms with Gasteiger partial charge in [0.2, 0.25) is 23.6 Å². The van der Waals surface area contributed by atoms with Gasteiger partial charge < -0.3 is 74.5 Å². The van der Waals surface area contributed by atoms with Gasteiger partial charge in [0.1, 0.15) is 32.2 Å². The monoisotopic (exact) mass is 1330 g/mol. The van der Waals surface area contributed by atoms with Crippen LogP contribution < -0.4 is 21.3 Å². The fourth-order valence-corrected chi connectivity index (χ4v) is 10.5. The molecule has 0 unspecified atom stereocenters. The van der Waals surface area contributed by atoms with Gasteiger partial charge in [-0.15, -0.1) is 0 Å². The Balaban J connectivity index is 1.90. The lowest BCUT2D eigenvalue weighted by atomic mass is 9.78. The number of ketones is 3. The number of nitrogens with one attached hydrogen (secondary N) is 4. The number of unbranched alkanes of at least 4 members (excludes halogenated alkanes) is 16. The van der Waals surface area contributed by atoms with Crippen molar-refractivity contribution in [3.8, 4) is 0 Å². The third-order valence-electron chi connectivity index (χ3n) is 16.2. The maximum absolute atomic E-state index is 13.1. The van der Waals surface area contributed by atoms with Gasteiger partial charge in [0.25, 0.3) is 0 Å². The highest BCUT2D eigenvalue weighted by Gasteiger charge is 2.30. The number of aliphatic carboxylic acids is 3. The highest BCUT2D eigenvalue weighted by Crippen LogP contribution is 2.31. The summed E-state index contributed by atoms with van der Waals surface area (Å²) < 4.78 is 43.2. The first-order valence-electron chi connectivity index (χ1n) is 35.0. The summed E-state index contributed by atoms with van der Waals surface area (Å²) in [5, 5.41) is 38.8. The van der Waals surface area contributed by atoms with E-state index in [-0.39, 0.29) is 191 Å². The molecule has 0 aromatic heterocycles. The van der Waals surface area contributed by atoms with Crippen LogP contribution in [0.5, 0.6) is 0 Å². The summed E-state index contributed by atoms with van der Waals surface area (Å²) in [6, 6.07) is 0. The first-order valence-corrected chi connectivity index (χ1v) is 35.0. The van der Waals surface area contributed by atoms with Crippen molar-refractivity contribution in [1.82, 2.24) is 21.3 Å². The van der Waals surface area contributed by atoms with Crippen molar-refractivity contribution < 1.29 is 101 Å². The molecule has 1 rings (SSSR count). The van der Waals surface area contributed by atoms with Crippen LogP contribution in [0.2, 0.25) is 0 Å². The number of ether oxygens (including phenoxy) is 8. The molecule has 0 radical (unpaired) electrons. The van der Waals surface area contributed by atoms with Crippen LogP contribution in [0.25, 0.3) is 0 Å². The van der Waals surface area contributed by atoms with E-state index in [1.165, 1.54) is 64.2 Å². The molecule has 1 saturated carbocycles. The average molecular weight is 1330 g/mol. The number of hydrogen-bond acceptors (Lipinski definition) is 18. The smallest absolute Gasteiger partial charge is 0.306 e. The van der Waals surface area contributed by atoms with Gasteiger partial charge in [-0.05, 0) is 83.0 Å². The number of carboxylic acid groups (broad SMARTS) is 3. The molecule has 0 aromatic carbocycles. The van der Waals surface area contributed by atoms with Crippen molar-refractivity contribution in [3.63, 3.8) is 0 Å². The van der Waals surface area contributed by atoms with E-state index < -0.39 is 23.8 Å². The predicted molar refractivity (Wildman–Crippen MR) is 349 cm³/mol. The Morgan fingerprint density at radius 1 is 0.355 bits per heavy atom. The van der Waals surface area contributed by atoms with Gasteiger partial charge in [-0.2, -0.15) is 0 Å². The molecule has 2 atom stereocenters. The Labute approximate surface area is 553 Å². The van der Waals surface area contributed by atoms with Crippen molar-refractivity contribution in [2.24, 2.45) is 23.7 Å². The van der Waals surface area contributed by atoms with Crippen LogP contribution in [0.3, 0.4) is 0 Å². The maximum atomic E-state index is 13.1. The van der Waals surface area contributed by atoms with Gasteiger partial charge in [0, 0.05) is 83.8 Å². The molecule has 538 valence electrons. The minimum absolute atomic E-state index is 0.0357. The minimum Gasteiger partial charge on any atom is -0.481 e. The van der Waals surface area contributed by atoms with Crippen LogP contribution in [-0.2, 0) is 85.8 Å². The molecule has 0 aliphatic heterocycles. The van der Waals surface area contributed by atoms with Gasteiger partial charge >= 0.3 is 17.9 Å². The summed E-state index contributed by atoms with van der Waals surface area (Å²) in [4.78, 5) is 120. The number of carbonyl (C=O) groups is 10. The van der Waals surface area contributed by atoms with Crippen molar-refractivity contribution in [2.75, 3.05) is 132 Å². The number of hydrogen-bond donors (Lipinski definition) is 7. The van der Waals surface area contributed by atoms with Crippen molar-refractivity contribution in [3.05, 3.63) is 0 Å². The Bertz CT molecular complexity index is 1990. The van der Waals surface area contributed by atoms with Crippen LogP contribution in [0, 0.1) is 23.7 Å². The van der Waals surface area contributed by atoms with Crippen molar-refractivity contribution in [2.45, 2.75) is 219 Å². The second-order valence-electron chi connectivity index (χ2n) is 24.2. The zero-order valence-electron chi connectivity index (χ0n) is 56.5. The van der Waals surface area contributed by atoms with Gasteiger partial charge in [-0.25, -0.2) is 0 Å². The number of carboxylic acids is 3. The molecular weight excluding hydrogens is 1210 g/mol. The van der Waals surface area contributed by atoms with E-state index >= 15 is 0 Å². The molecule has 0 bridgehead atoms. The second kappa shape index (κ2) is 61.8. The van der Waals surface area contributed by atoms with Gasteiger partial charge in [0.05, 0.1) is 77.9 Å². The number of carbonyl (C=O) groups excluding carboxylic acids is 7. The topological polar surface area (TPSA) is 353 Å². The third kappa shape index (κ3) is 55.9. The largest absolute Gasteiger partial charge is 0.481 e. The molecule has 1 aliphatic carbocycles. The fraction of sp³-hybridized carbons (Fsp3) is 0.853. The number of Topliss-reactive ketones (excluding diaryl/α,β-unsaturated/α-hetero) is 3. The van der Waals surface area contributed by atoms with Crippen molar-refractivity contribution in [1.29, 1.82) is 0 Å². The number of amides is 4. The standard InChI is InChI=1S/C68H120N4O21/c1-2-56(67(82)83)23-19-20-34-69-64(78)53-92-47-41-86-37-21-24-60(74)52-91-46-44-89-40-36-71-65(79)54-93-48-42-87-38-22-25-59(73)51-90-45-43-88-39-35-70-63(77)33-32-58(68(84)85)49-61(75)57-30-28-55(29-31-57)50-72-62(76)26-17-15-13-11-9-7-5-3-4-6-8-10-12-14-16-18-27-66(80)81/h55-58H,2-54H2,1H3,(H,69,78)(H,70,77)(H,71,79)(H,72,76)(H,80,81)(H,82,83)(H,84,85)/t55?,56-,57?,58+/m0/s1. The Kier molecular flexibility index (Phi) is 57.2. The van der Waals surface area contributed by atoms with Gasteiger partial charge in [-0.3, -0.25) is 47.9 Å². The molecule has 4 amide bonds. The van der Waals surface area contributed by atoms with E-state index in [9.17, 15) is 53.1 Å². The maximum Gasteiger partial charge on any atom is 0.306 e. The molecule has 0 aromatic rings. The Morgan fingerprint density at radius 3 is 1.20 bits per heavy atom.